The first-order chi connectivity index (χ1) is 15.7. The number of aromatic hydroxyl groups is 1. The monoisotopic (exact) mass is 429 g/mol. The van der Waals surface area contributed by atoms with E-state index in [9.17, 15) is 9.90 Å². The number of aliphatic imine (C=N–C) groups is 1. The number of tetrazole rings is 1. The molecule has 32 heavy (non-hydrogen) atoms. The van der Waals surface area contributed by atoms with Crippen LogP contribution in [0.15, 0.2) is 75.1 Å². The third-order valence-corrected chi connectivity index (χ3v) is 4.72. The Morgan fingerprint density at radius 3 is 2.88 bits per heavy atom. The predicted octanol–water partition coefficient (Wildman–Crippen LogP) is 2.42. The van der Waals surface area contributed by atoms with Crippen molar-refractivity contribution in [2.45, 2.75) is 0 Å². The Morgan fingerprint density at radius 2 is 2.06 bits per heavy atom. The number of benzene rings is 2. The van der Waals surface area contributed by atoms with Gasteiger partial charge in [-0.25, -0.2) is 9.48 Å². The van der Waals surface area contributed by atoms with Crippen molar-refractivity contribution in [3.63, 3.8) is 0 Å². The Kier molecular flexibility index (Phi) is 4.67. The quantitative estimate of drug-likeness (QED) is 0.333. The van der Waals surface area contributed by atoms with Crippen LogP contribution in [-0.2, 0) is 0 Å². The fourth-order valence-corrected chi connectivity index (χ4v) is 3.19. The summed E-state index contributed by atoms with van der Waals surface area (Å²) in [5, 5.41) is 26.9. The third-order valence-electron chi connectivity index (χ3n) is 4.72. The Bertz CT molecular complexity index is 1500. The zero-order valence-electron chi connectivity index (χ0n) is 16.7. The van der Waals surface area contributed by atoms with Crippen molar-refractivity contribution in [2.75, 3.05) is 7.11 Å². The summed E-state index contributed by atoms with van der Waals surface area (Å²) in [4.78, 5) is 16.7. The lowest BCUT2D eigenvalue weighted by atomic mass is 10.1. The third kappa shape index (κ3) is 3.27. The van der Waals surface area contributed by atoms with Crippen LogP contribution in [-0.4, -0.2) is 48.4 Å². The molecule has 0 saturated carbocycles. The number of hydrogen-bond acceptors (Lipinski definition) is 9. The fourth-order valence-electron chi connectivity index (χ4n) is 3.19. The lowest BCUT2D eigenvalue weighted by Crippen LogP contribution is -2.08. The van der Waals surface area contributed by atoms with Crippen molar-refractivity contribution in [3.8, 4) is 23.1 Å². The molecule has 3 heterocycles. The second kappa shape index (κ2) is 7.80. The molecule has 0 fully saturated rings. The van der Waals surface area contributed by atoms with Crippen molar-refractivity contribution in [2.24, 2.45) is 4.99 Å². The highest BCUT2D eigenvalue weighted by Crippen LogP contribution is 2.29. The standard InChI is InChI=1S/C21H15N7O4/c1-31-18-8-7-13(11-16(18)28-21(24-25-26-28)27-10-4-9-23-27)22-12-15-19(29)14-5-2-3-6-17(14)32-20(15)30/h2-12,29H,1H3. The van der Waals surface area contributed by atoms with Gasteiger partial charge in [-0.15, -0.1) is 0 Å². The molecular weight excluding hydrogens is 414 g/mol. The minimum absolute atomic E-state index is 0.0549. The number of fused-ring (bicyclic) bond motifs is 1. The lowest BCUT2D eigenvalue weighted by Gasteiger charge is -2.10. The van der Waals surface area contributed by atoms with Crippen LogP contribution in [0.5, 0.6) is 11.5 Å². The minimum atomic E-state index is -0.694. The maximum absolute atomic E-state index is 12.3. The number of aromatic nitrogens is 6. The number of hydrogen-bond donors (Lipinski definition) is 1. The van der Waals surface area contributed by atoms with Gasteiger partial charge in [0, 0.05) is 18.6 Å². The van der Waals surface area contributed by atoms with Crippen LogP contribution in [0.25, 0.3) is 22.6 Å². The van der Waals surface area contributed by atoms with Crippen molar-refractivity contribution in [1.82, 2.24) is 30.0 Å². The van der Waals surface area contributed by atoms with Gasteiger partial charge in [0.05, 0.1) is 18.2 Å². The van der Waals surface area contributed by atoms with Gasteiger partial charge in [-0.3, -0.25) is 4.99 Å². The number of nitrogens with zero attached hydrogens (tertiary/aromatic N) is 7. The molecular formula is C21H15N7O4. The van der Waals surface area contributed by atoms with Gasteiger partial charge in [-0.05, 0) is 46.8 Å². The van der Waals surface area contributed by atoms with Crippen LogP contribution in [0.2, 0.25) is 0 Å². The minimum Gasteiger partial charge on any atom is -0.506 e. The fraction of sp³-hybridized carbons (Fsp3) is 0.0476. The van der Waals surface area contributed by atoms with Gasteiger partial charge in [0.2, 0.25) is 0 Å². The van der Waals surface area contributed by atoms with Crippen LogP contribution in [0, 0.1) is 0 Å². The predicted molar refractivity (Wildman–Crippen MR) is 114 cm³/mol. The summed E-state index contributed by atoms with van der Waals surface area (Å²) in [5.41, 5.74) is 0.520. The van der Waals surface area contributed by atoms with E-state index in [1.807, 2.05) is 0 Å². The molecule has 2 aromatic carbocycles. The average Bonchev–Trinajstić information content (AvgIpc) is 3.50. The second-order valence-corrected chi connectivity index (χ2v) is 6.60. The molecule has 0 aliphatic heterocycles. The largest absolute Gasteiger partial charge is 0.506 e. The molecule has 0 aliphatic rings. The molecule has 0 radical (unpaired) electrons. The van der Waals surface area contributed by atoms with Gasteiger partial charge in [0.25, 0.3) is 5.95 Å². The topological polar surface area (TPSA) is 133 Å². The van der Waals surface area contributed by atoms with Crippen LogP contribution < -0.4 is 10.4 Å². The van der Waals surface area contributed by atoms with Crippen molar-refractivity contribution >= 4 is 22.9 Å². The Labute approximate surface area is 179 Å². The van der Waals surface area contributed by atoms with Gasteiger partial charge >= 0.3 is 5.63 Å². The molecule has 1 N–H and O–H groups in total. The number of rotatable bonds is 5. The van der Waals surface area contributed by atoms with E-state index in [0.29, 0.717) is 34.0 Å². The lowest BCUT2D eigenvalue weighted by molar-refractivity contribution is 0.411. The van der Waals surface area contributed by atoms with Crippen molar-refractivity contribution < 1.29 is 14.3 Å². The van der Waals surface area contributed by atoms with E-state index in [-0.39, 0.29) is 11.3 Å². The summed E-state index contributed by atoms with van der Waals surface area (Å²) >= 11 is 0. The molecule has 3 aromatic heterocycles. The van der Waals surface area contributed by atoms with E-state index in [1.54, 1.807) is 60.9 Å². The summed E-state index contributed by atoms with van der Waals surface area (Å²) < 4.78 is 13.7. The second-order valence-electron chi connectivity index (χ2n) is 6.60. The first kappa shape index (κ1) is 19.2. The van der Waals surface area contributed by atoms with Crippen molar-refractivity contribution in [3.05, 3.63) is 76.9 Å². The highest BCUT2D eigenvalue weighted by atomic mass is 16.5. The normalized spacial score (nSPS) is 11.4. The molecule has 0 unspecified atom stereocenters. The summed E-state index contributed by atoms with van der Waals surface area (Å²) in [6.07, 6.45) is 4.57. The first-order valence-corrected chi connectivity index (χ1v) is 9.41. The Morgan fingerprint density at radius 1 is 1.19 bits per heavy atom. The first-order valence-electron chi connectivity index (χ1n) is 9.41. The van der Waals surface area contributed by atoms with Crippen LogP contribution in [0.4, 0.5) is 5.69 Å². The van der Waals surface area contributed by atoms with Crippen LogP contribution in [0.1, 0.15) is 5.56 Å². The van der Waals surface area contributed by atoms with Gasteiger partial charge in [-0.1, -0.05) is 17.2 Å². The van der Waals surface area contributed by atoms with E-state index < -0.39 is 5.63 Å². The molecule has 5 rings (SSSR count). The number of ether oxygens (including phenoxy) is 1. The van der Waals surface area contributed by atoms with E-state index in [1.165, 1.54) is 22.7 Å². The van der Waals surface area contributed by atoms with Crippen LogP contribution in [0.3, 0.4) is 0 Å². The smallest absolute Gasteiger partial charge is 0.348 e. The zero-order valence-corrected chi connectivity index (χ0v) is 16.7. The van der Waals surface area contributed by atoms with Crippen molar-refractivity contribution in [1.29, 1.82) is 0 Å². The molecule has 0 aliphatic carbocycles. The summed E-state index contributed by atoms with van der Waals surface area (Å²) in [6.45, 7) is 0. The maximum Gasteiger partial charge on any atom is 0.348 e. The van der Waals surface area contributed by atoms with E-state index in [2.05, 4.69) is 25.6 Å². The Balaban J connectivity index is 1.58. The molecule has 0 spiro atoms. The average molecular weight is 429 g/mol. The molecule has 0 amide bonds. The SMILES string of the molecule is COc1ccc(N=Cc2c(O)c3ccccc3oc2=O)cc1-n1nnnc1-n1cccn1. The molecule has 0 bridgehead atoms. The molecule has 11 nitrogen and oxygen atoms in total. The highest BCUT2D eigenvalue weighted by Gasteiger charge is 2.16. The summed E-state index contributed by atoms with van der Waals surface area (Å²) in [7, 11) is 1.53. The van der Waals surface area contributed by atoms with Gasteiger partial charge < -0.3 is 14.3 Å². The van der Waals surface area contributed by atoms with E-state index in [0.717, 1.165) is 0 Å². The highest BCUT2D eigenvalue weighted by molar-refractivity contribution is 5.94. The van der Waals surface area contributed by atoms with Crippen LogP contribution >= 0.6 is 0 Å². The number of para-hydroxylation sites is 1. The van der Waals surface area contributed by atoms with Gasteiger partial charge in [-0.2, -0.15) is 9.78 Å². The van der Waals surface area contributed by atoms with Gasteiger partial charge in [0.1, 0.15) is 28.3 Å². The summed E-state index contributed by atoms with van der Waals surface area (Å²) in [6, 6.07) is 13.5. The molecule has 11 heteroatoms. The summed E-state index contributed by atoms with van der Waals surface area (Å²) in [5.74, 6) is 0.649. The van der Waals surface area contributed by atoms with Gasteiger partial charge in [0.15, 0.2) is 0 Å². The molecule has 0 atom stereocenters. The molecule has 0 saturated heterocycles. The molecule has 5 aromatic rings. The number of methoxy groups -OCH3 is 1. The zero-order chi connectivity index (χ0) is 22.1. The maximum atomic E-state index is 12.3. The van der Waals surface area contributed by atoms with E-state index in [4.69, 9.17) is 9.15 Å². The molecule has 158 valence electrons. The van der Waals surface area contributed by atoms with E-state index >= 15 is 0 Å². The Hall–Kier alpha value is -4.80.